The number of hydrogen-bond donors (Lipinski definition) is 0. The molecule has 5 unspecified atom stereocenters. The van der Waals surface area contributed by atoms with Crippen molar-refractivity contribution in [2.45, 2.75) is 38.8 Å². The lowest BCUT2D eigenvalue weighted by atomic mass is 9.69. The van der Waals surface area contributed by atoms with Gasteiger partial charge >= 0.3 is 0 Å². The van der Waals surface area contributed by atoms with Crippen LogP contribution in [-0.2, 0) is 19.1 Å². The Kier molecular flexibility index (Phi) is 5.38. The fourth-order valence-corrected chi connectivity index (χ4v) is 5.25. The van der Waals surface area contributed by atoms with Crippen molar-refractivity contribution in [2.75, 3.05) is 27.4 Å². The predicted octanol–water partition coefficient (Wildman–Crippen LogP) is 3.13. The monoisotopic (exact) mass is 399 g/mol. The third-order valence-corrected chi connectivity index (χ3v) is 6.49. The first-order chi connectivity index (χ1) is 14.0. The fraction of sp³-hybridized carbons (Fsp3) is 0.565. The highest BCUT2D eigenvalue weighted by molar-refractivity contribution is 6.11. The smallest absolute Gasteiger partial charge is 0.290 e. The Balaban J connectivity index is 1.78. The van der Waals surface area contributed by atoms with Gasteiger partial charge in [-0.25, -0.2) is 0 Å². The van der Waals surface area contributed by atoms with Gasteiger partial charge in [0.2, 0.25) is 0 Å². The van der Waals surface area contributed by atoms with Crippen LogP contribution in [0.3, 0.4) is 0 Å². The maximum atomic E-state index is 13.7. The van der Waals surface area contributed by atoms with Crippen LogP contribution in [0.1, 0.15) is 38.3 Å². The molecular weight excluding hydrogens is 370 g/mol. The Morgan fingerprint density at radius 1 is 1.17 bits per heavy atom. The SMILES string of the molecule is COCCN1C(=O)C2=C(C(=O)C3C(C)CC(C)CC3O2)C1c1cccc(OC)c1. The Hall–Kier alpha value is -2.34. The predicted molar refractivity (Wildman–Crippen MR) is 107 cm³/mol. The Bertz CT molecular complexity index is 847. The molecule has 2 heterocycles. The molecule has 29 heavy (non-hydrogen) atoms. The molecule has 0 aromatic heterocycles. The molecule has 1 aromatic carbocycles. The Morgan fingerprint density at radius 3 is 2.69 bits per heavy atom. The Morgan fingerprint density at radius 2 is 1.97 bits per heavy atom. The molecule has 6 nitrogen and oxygen atoms in total. The summed E-state index contributed by atoms with van der Waals surface area (Å²) in [6, 6.07) is 7.09. The van der Waals surface area contributed by atoms with E-state index in [1.165, 1.54) is 0 Å². The van der Waals surface area contributed by atoms with E-state index in [1.807, 2.05) is 24.3 Å². The fourth-order valence-electron chi connectivity index (χ4n) is 5.25. The summed E-state index contributed by atoms with van der Waals surface area (Å²) in [6.45, 7) is 5.09. The minimum absolute atomic E-state index is 0.0664. The first-order valence-electron chi connectivity index (χ1n) is 10.3. The first-order valence-corrected chi connectivity index (χ1v) is 10.3. The van der Waals surface area contributed by atoms with Gasteiger partial charge in [0.15, 0.2) is 11.5 Å². The molecule has 0 spiro atoms. The molecule has 0 N–H and O–H groups in total. The molecule has 0 saturated heterocycles. The Labute approximate surface area is 171 Å². The maximum Gasteiger partial charge on any atom is 0.290 e. The van der Waals surface area contributed by atoms with Gasteiger partial charge in [-0.1, -0.05) is 26.0 Å². The van der Waals surface area contributed by atoms with E-state index < -0.39 is 6.04 Å². The van der Waals surface area contributed by atoms with Gasteiger partial charge in [-0.05, 0) is 42.4 Å². The zero-order valence-corrected chi connectivity index (χ0v) is 17.5. The molecule has 5 atom stereocenters. The van der Waals surface area contributed by atoms with Crippen molar-refractivity contribution in [3.8, 4) is 5.75 Å². The molecule has 156 valence electrons. The van der Waals surface area contributed by atoms with E-state index in [0.717, 1.165) is 18.4 Å². The van der Waals surface area contributed by atoms with Gasteiger partial charge in [0.05, 0.1) is 31.2 Å². The number of carbonyl (C=O) groups excluding carboxylic acids is 2. The highest BCUT2D eigenvalue weighted by atomic mass is 16.5. The van der Waals surface area contributed by atoms with E-state index in [4.69, 9.17) is 14.2 Å². The number of benzene rings is 1. The second-order valence-electron chi connectivity index (χ2n) is 8.51. The molecule has 6 heteroatoms. The first kappa shape index (κ1) is 20.0. The molecule has 1 amide bonds. The van der Waals surface area contributed by atoms with Crippen LogP contribution in [0.4, 0.5) is 0 Å². The van der Waals surface area contributed by atoms with Gasteiger partial charge in [0.25, 0.3) is 5.91 Å². The van der Waals surface area contributed by atoms with Gasteiger partial charge in [0.1, 0.15) is 11.9 Å². The summed E-state index contributed by atoms with van der Waals surface area (Å²) in [7, 11) is 3.21. The number of ketones is 1. The van der Waals surface area contributed by atoms with E-state index in [0.29, 0.717) is 30.4 Å². The van der Waals surface area contributed by atoms with Crippen LogP contribution < -0.4 is 4.74 Å². The number of carbonyl (C=O) groups is 2. The van der Waals surface area contributed by atoms with Gasteiger partial charge in [-0.2, -0.15) is 0 Å². The minimum Gasteiger partial charge on any atom is -0.497 e. The van der Waals surface area contributed by atoms with Gasteiger partial charge in [-0.15, -0.1) is 0 Å². The molecule has 4 rings (SSSR count). The van der Waals surface area contributed by atoms with Crippen LogP contribution in [-0.4, -0.2) is 50.1 Å². The summed E-state index contributed by atoms with van der Waals surface area (Å²) in [5.41, 5.74) is 1.35. The molecule has 2 aliphatic heterocycles. The average molecular weight is 399 g/mol. The van der Waals surface area contributed by atoms with Crippen LogP contribution in [0, 0.1) is 17.8 Å². The third-order valence-electron chi connectivity index (χ3n) is 6.49. The molecule has 0 bridgehead atoms. The van der Waals surface area contributed by atoms with E-state index in [1.54, 1.807) is 19.1 Å². The summed E-state index contributed by atoms with van der Waals surface area (Å²) in [5, 5.41) is 0. The van der Waals surface area contributed by atoms with Crippen molar-refractivity contribution in [3.05, 3.63) is 41.2 Å². The van der Waals surface area contributed by atoms with Crippen molar-refractivity contribution in [3.63, 3.8) is 0 Å². The quantitative estimate of drug-likeness (QED) is 0.761. The number of fused-ring (bicyclic) bond motifs is 1. The van der Waals surface area contributed by atoms with Crippen LogP contribution >= 0.6 is 0 Å². The van der Waals surface area contributed by atoms with Crippen molar-refractivity contribution < 1.29 is 23.8 Å². The van der Waals surface area contributed by atoms with Crippen molar-refractivity contribution in [1.82, 2.24) is 4.90 Å². The summed E-state index contributed by atoms with van der Waals surface area (Å²) in [6.07, 6.45) is 1.61. The normalized spacial score (nSPS) is 31.4. The maximum absolute atomic E-state index is 13.7. The summed E-state index contributed by atoms with van der Waals surface area (Å²) in [5.74, 6) is 1.31. The number of Topliss-reactive ketones (excluding diaryl/α,β-unsaturated/α-hetero) is 1. The molecule has 1 aliphatic carbocycles. The van der Waals surface area contributed by atoms with Gasteiger partial charge < -0.3 is 19.1 Å². The van der Waals surface area contributed by atoms with E-state index >= 15 is 0 Å². The number of hydrogen-bond acceptors (Lipinski definition) is 5. The lowest BCUT2D eigenvalue weighted by Crippen LogP contribution is -2.45. The molecule has 1 aromatic rings. The largest absolute Gasteiger partial charge is 0.497 e. The van der Waals surface area contributed by atoms with Gasteiger partial charge in [-0.3, -0.25) is 9.59 Å². The lowest BCUT2D eigenvalue weighted by molar-refractivity contribution is -0.138. The second kappa shape index (κ2) is 7.82. The molecular formula is C23H29NO5. The second-order valence-corrected chi connectivity index (χ2v) is 8.51. The zero-order valence-electron chi connectivity index (χ0n) is 17.5. The summed E-state index contributed by atoms with van der Waals surface area (Å²) >= 11 is 0. The van der Waals surface area contributed by atoms with Crippen molar-refractivity contribution in [1.29, 1.82) is 0 Å². The zero-order chi connectivity index (χ0) is 20.7. The average Bonchev–Trinajstić information content (AvgIpc) is 2.98. The van der Waals surface area contributed by atoms with Crippen LogP contribution in [0.5, 0.6) is 5.75 Å². The highest BCUT2D eigenvalue weighted by Gasteiger charge is 2.54. The number of nitrogens with zero attached hydrogens (tertiary/aromatic N) is 1. The van der Waals surface area contributed by atoms with Crippen LogP contribution in [0.2, 0.25) is 0 Å². The molecule has 1 saturated carbocycles. The highest BCUT2D eigenvalue weighted by Crippen LogP contribution is 2.49. The summed E-state index contributed by atoms with van der Waals surface area (Å²) < 4.78 is 16.9. The number of amides is 1. The van der Waals surface area contributed by atoms with Crippen molar-refractivity contribution in [2.24, 2.45) is 17.8 Å². The van der Waals surface area contributed by atoms with Crippen LogP contribution in [0.25, 0.3) is 0 Å². The third kappa shape index (κ3) is 3.33. The number of rotatable bonds is 5. The molecule has 3 aliphatic rings. The van der Waals surface area contributed by atoms with Crippen LogP contribution in [0.15, 0.2) is 35.6 Å². The van der Waals surface area contributed by atoms with E-state index in [-0.39, 0.29) is 35.4 Å². The van der Waals surface area contributed by atoms with Crippen molar-refractivity contribution >= 4 is 11.7 Å². The van der Waals surface area contributed by atoms with Gasteiger partial charge in [0, 0.05) is 13.7 Å². The number of ether oxygens (including phenoxy) is 3. The topological polar surface area (TPSA) is 65.1 Å². The van der Waals surface area contributed by atoms with E-state index in [9.17, 15) is 9.59 Å². The lowest BCUT2D eigenvalue weighted by Gasteiger charge is -2.41. The molecule has 1 fully saturated rings. The minimum atomic E-state index is -0.470. The standard InChI is InChI=1S/C23H29NO5/c1-13-10-14(2)18-17(11-13)29-22-19(21(18)25)20(24(23(22)26)8-9-27-3)15-6-5-7-16(12-15)28-4/h5-7,12-14,17-18,20H,8-11H2,1-4H3. The van der Waals surface area contributed by atoms with E-state index in [2.05, 4.69) is 13.8 Å². The molecule has 0 radical (unpaired) electrons. The number of methoxy groups -OCH3 is 2. The summed E-state index contributed by atoms with van der Waals surface area (Å²) in [4.78, 5) is 28.7.